The molecule has 0 aliphatic carbocycles. The third kappa shape index (κ3) is 3.31. The van der Waals surface area contributed by atoms with Gasteiger partial charge in [0.05, 0.1) is 27.4 Å². The van der Waals surface area contributed by atoms with E-state index in [2.05, 4.69) is 4.74 Å². The van der Waals surface area contributed by atoms with Gasteiger partial charge in [0.1, 0.15) is 5.57 Å². The summed E-state index contributed by atoms with van der Waals surface area (Å²) in [5.41, 5.74) is 1.02. The molecule has 6 nitrogen and oxygen atoms in total. The summed E-state index contributed by atoms with van der Waals surface area (Å²) < 4.78 is 15.2. The van der Waals surface area contributed by atoms with Crippen LogP contribution >= 0.6 is 0 Å². The summed E-state index contributed by atoms with van der Waals surface area (Å²) in [5, 5.41) is 0. The molecule has 0 aromatic heterocycles. The minimum Gasteiger partial charge on any atom is -0.493 e. The molecule has 0 saturated carbocycles. The van der Waals surface area contributed by atoms with Gasteiger partial charge in [-0.3, -0.25) is 4.79 Å². The van der Waals surface area contributed by atoms with Crippen LogP contribution in [0.25, 0.3) is 0 Å². The lowest BCUT2D eigenvalue weighted by molar-refractivity contribution is -0.138. The third-order valence-electron chi connectivity index (χ3n) is 3.94. The topological polar surface area (TPSA) is 65.1 Å². The Balaban J connectivity index is 2.38. The van der Waals surface area contributed by atoms with E-state index in [1.54, 1.807) is 20.4 Å². The molecule has 1 atom stereocenters. The van der Waals surface area contributed by atoms with Gasteiger partial charge in [0.2, 0.25) is 0 Å². The standard InChI is InChI=1S/C17H21NO5/c1-5-18-10-12(17(20)23-4)14(19)9-13(18)11-6-7-15(21-2)16(8-11)22-3/h6-8,10,13H,5,9H2,1-4H3. The Kier molecular flexibility index (Phi) is 5.26. The summed E-state index contributed by atoms with van der Waals surface area (Å²) in [7, 11) is 4.42. The minimum absolute atomic E-state index is 0.0890. The fourth-order valence-electron chi connectivity index (χ4n) is 2.69. The third-order valence-corrected chi connectivity index (χ3v) is 3.94. The van der Waals surface area contributed by atoms with Crippen molar-refractivity contribution in [2.24, 2.45) is 0 Å². The average molecular weight is 319 g/mol. The Bertz CT molecular complexity index is 638. The zero-order chi connectivity index (χ0) is 17.0. The Morgan fingerprint density at radius 3 is 2.48 bits per heavy atom. The van der Waals surface area contributed by atoms with E-state index in [-0.39, 0.29) is 23.8 Å². The van der Waals surface area contributed by atoms with Crippen LogP contribution < -0.4 is 9.47 Å². The largest absolute Gasteiger partial charge is 0.493 e. The number of carbonyl (C=O) groups excluding carboxylic acids is 2. The molecule has 0 amide bonds. The van der Waals surface area contributed by atoms with Crippen LogP contribution in [-0.4, -0.2) is 44.5 Å². The normalized spacial score (nSPS) is 17.6. The smallest absolute Gasteiger partial charge is 0.342 e. The number of carbonyl (C=O) groups is 2. The van der Waals surface area contributed by atoms with Gasteiger partial charge in [0.25, 0.3) is 0 Å². The maximum absolute atomic E-state index is 12.3. The highest BCUT2D eigenvalue weighted by atomic mass is 16.5. The summed E-state index contributed by atoms with van der Waals surface area (Å²) >= 11 is 0. The molecule has 0 fully saturated rings. The maximum atomic E-state index is 12.3. The molecule has 2 rings (SSSR count). The highest BCUT2D eigenvalue weighted by Gasteiger charge is 2.32. The van der Waals surface area contributed by atoms with Crippen molar-refractivity contribution in [3.8, 4) is 11.5 Å². The molecule has 1 aromatic rings. The highest BCUT2D eigenvalue weighted by molar-refractivity contribution is 6.17. The van der Waals surface area contributed by atoms with Crippen LogP contribution in [0.5, 0.6) is 11.5 Å². The van der Waals surface area contributed by atoms with Gasteiger partial charge in [-0.1, -0.05) is 6.07 Å². The molecule has 6 heteroatoms. The first-order valence-electron chi connectivity index (χ1n) is 7.36. The molecule has 1 heterocycles. The van der Waals surface area contributed by atoms with Crippen LogP contribution in [0.2, 0.25) is 0 Å². The van der Waals surface area contributed by atoms with Crippen molar-refractivity contribution >= 4 is 11.8 Å². The van der Waals surface area contributed by atoms with E-state index >= 15 is 0 Å². The Labute approximate surface area is 135 Å². The van der Waals surface area contributed by atoms with Crippen molar-refractivity contribution in [3.05, 3.63) is 35.5 Å². The number of methoxy groups -OCH3 is 3. The first-order chi connectivity index (χ1) is 11.0. The van der Waals surface area contributed by atoms with Crippen molar-refractivity contribution in [1.29, 1.82) is 0 Å². The van der Waals surface area contributed by atoms with Crippen LogP contribution in [0.15, 0.2) is 30.0 Å². The van der Waals surface area contributed by atoms with Crippen molar-refractivity contribution in [2.45, 2.75) is 19.4 Å². The van der Waals surface area contributed by atoms with Gasteiger partial charge in [0.15, 0.2) is 17.3 Å². The molecule has 0 N–H and O–H groups in total. The number of hydrogen-bond donors (Lipinski definition) is 0. The van der Waals surface area contributed by atoms with Gasteiger partial charge in [-0.2, -0.15) is 0 Å². The van der Waals surface area contributed by atoms with Crippen LogP contribution in [0.1, 0.15) is 24.9 Å². The number of esters is 1. The summed E-state index contributed by atoms with van der Waals surface area (Å²) in [5.74, 6) is 0.420. The Morgan fingerprint density at radius 2 is 1.91 bits per heavy atom. The fourth-order valence-corrected chi connectivity index (χ4v) is 2.69. The van der Waals surface area contributed by atoms with Gasteiger partial charge in [-0.05, 0) is 24.6 Å². The minimum atomic E-state index is -0.598. The molecular formula is C17H21NO5. The van der Waals surface area contributed by atoms with Crippen molar-refractivity contribution in [2.75, 3.05) is 27.9 Å². The first kappa shape index (κ1) is 16.9. The van der Waals surface area contributed by atoms with Crippen LogP contribution in [-0.2, 0) is 14.3 Å². The second-order valence-corrected chi connectivity index (χ2v) is 5.12. The van der Waals surface area contributed by atoms with E-state index in [9.17, 15) is 9.59 Å². The molecule has 1 aliphatic rings. The first-order valence-corrected chi connectivity index (χ1v) is 7.36. The lowest BCUT2D eigenvalue weighted by Gasteiger charge is -2.34. The number of Topliss-reactive ketones (excluding diaryl/α,β-unsaturated/α-hetero) is 1. The predicted octanol–water partition coefficient (Wildman–Crippen LogP) is 2.10. The van der Waals surface area contributed by atoms with Crippen molar-refractivity contribution < 1.29 is 23.8 Å². The monoisotopic (exact) mass is 319 g/mol. The van der Waals surface area contributed by atoms with Gasteiger partial charge in [-0.25, -0.2) is 4.79 Å². The van der Waals surface area contributed by atoms with Gasteiger partial charge in [-0.15, -0.1) is 0 Å². The predicted molar refractivity (Wildman–Crippen MR) is 84.4 cm³/mol. The van der Waals surface area contributed by atoms with Crippen LogP contribution in [0.4, 0.5) is 0 Å². The van der Waals surface area contributed by atoms with Gasteiger partial charge in [0, 0.05) is 19.2 Å². The van der Waals surface area contributed by atoms with Crippen molar-refractivity contribution in [3.63, 3.8) is 0 Å². The Hall–Kier alpha value is -2.50. The lowest BCUT2D eigenvalue weighted by Crippen LogP contribution is -2.33. The molecule has 0 radical (unpaired) electrons. The zero-order valence-corrected chi connectivity index (χ0v) is 13.8. The molecule has 0 saturated heterocycles. The van der Waals surface area contributed by atoms with Crippen LogP contribution in [0, 0.1) is 0 Å². The highest BCUT2D eigenvalue weighted by Crippen LogP contribution is 2.36. The van der Waals surface area contributed by atoms with Gasteiger partial charge < -0.3 is 19.1 Å². The average Bonchev–Trinajstić information content (AvgIpc) is 2.60. The molecule has 1 aliphatic heterocycles. The zero-order valence-electron chi connectivity index (χ0n) is 13.8. The van der Waals surface area contributed by atoms with Crippen molar-refractivity contribution in [1.82, 2.24) is 4.90 Å². The van der Waals surface area contributed by atoms with E-state index in [0.29, 0.717) is 18.0 Å². The second kappa shape index (κ2) is 7.17. The quantitative estimate of drug-likeness (QED) is 0.612. The molecule has 0 bridgehead atoms. The van der Waals surface area contributed by atoms with E-state index in [1.165, 1.54) is 7.11 Å². The number of nitrogens with zero attached hydrogens (tertiary/aromatic N) is 1. The second-order valence-electron chi connectivity index (χ2n) is 5.12. The van der Waals surface area contributed by atoms with E-state index in [1.807, 2.05) is 30.0 Å². The Morgan fingerprint density at radius 1 is 1.22 bits per heavy atom. The van der Waals surface area contributed by atoms with E-state index in [0.717, 1.165) is 5.56 Å². The van der Waals surface area contributed by atoms with E-state index < -0.39 is 5.97 Å². The molecule has 124 valence electrons. The molecule has 23 heavy (non-hydrogen) atoms. The number of ketones is 1. The molecule has 0 spiro atoms. The summed E-state index contributed by atoms with van der Waals surface area (Å²) in [6.45, 7) is 2.63. The van der Waals surface area contributed by atoms with Crippen LogP contribution in [0.3, 0.4) is 0 Å². The fraction of sp³-hybridized carbons (Fsp3) is 0.412. The number of hydrogen-bond acceptors (Lipinski definition) is 6. The van der Waals surface area contributed by atoms with E-state index in [4.69, 9.17) is 9.47 Å². The molecule has 1 unspecified atom stereocenters. The molecule has 1 aromatic carbocycles. The lowest BCUT2D eigenvalue weighted by atomic mass is 9.93. The number of ether oxygens (including phenoxy) is 3. The summed E-state index contributed by atoms with van der Waals surface area (Å²) in [4.78, 5) is 25.9. The summed E-state index contributed by atoms with van der Waals surface area (Å²) in [6.07, 6.45) is 1.79. The summed E-state index contributed by atoms with van der Waals surface area (Å²) in [6, 6.07) is 5.42. The number of benzene rings is 1. The SMILES string of the molecule is CCN1C=C(C(=O)OC)C(=O)CC1c1ccc(OC)c(OC)c1. The number of rotatable bonds is 5. The molecular weight excluding hydrogens is 298 g/mol. The van der Waals surface area contributed by atoms with Gasteiger partial charge >= 0.3 is 5.97 Å². The maximum Gasteiger partial charge on any atom is 0.342 e.